The number of likely N-dealkylation sites (N-methyl/N-ethyl adjacent to an activating group) is 1. The molecule has 0 aromatic carbocycles. The van der Waals surface area contributed by atoms with E-state index in [0.717, 1.165) is 57.8 Å². The Morgan fingerprint density at radius 3 is 1.81 bits per heavy atom. The van der Waals surface area contributed by atoms with E-state index in [1.807, 2.05) is 39.4 Å². The van der Waals surface area contributed by atoms with Crippen LogP contribution >= 0.6 is 7.82 Å². The molecule has 0 aliphatic heterocycles. The van der Waals surface area contributed by atoms with E-state index in [1.54, 1.807) is 6.08 Å². The van der Waals surface area contributed by atoms with E-state index >= 15 is 0 Å². The lowest BCUT2D eigenvalue weighted by molar-refractivity contribution is -0.870. The normalized spacial score (nSPS) is 15.8. The van der Waals surface area contributed by atoms with Crippen LogP contribution in [0, 0.1) is 0 Å². The summed E-state index contributed by atoms with van der Waals surface area (Å²) in [5.41, 5.74) is 0. The molecule has 8 nitrogen and oxygen atoms in total. The summed E-state index contributed by atoms with van der Waals surface area (Å²) in [4.78, 5) is 22.9. The van der Waals surface area contributed by atoms with Gasteiger partial charge in [-0.2, -0.15) is 0 Å². The molecule has 268 valence electrons. The van der Waals surface area contributed by atoms with Crippen molar-refractivity contribution in [1.82, 2.24) is 5.32 Å². The van der Waals surface area contributed by atoms with Gasteiger partial charge in [0.05, 0.1) is 39.9 Å². The highest BCUT2D eigenvalue weighted by Gasteiger charge is 2.27. The Morgan fingerprint density at radius 1 is 0.745 bits per heavy atom. The Hall–Kier alpha value is -2.32. The summed E-state index contributed by atoms with van der Waals surface area (Å²) in [6.45, 7) is 4.50. The fourth-order valence-electron chi connectivity index (χ4n) is 4.01. The van der Waals surface area contributed by atoms with Gasteiger partial charge in [-0.1, -0.05) is 112 Å². The van der Waals surface area contributed by atoms with Crippen LogP contribution in [0.4, 0.5) is 0 Å². The molecule has 0 bridgehead atoms. The van der Waals surface area contributed by atoms with Crippen molar-refractivity contribution in [3.8, 4) is 0 Å². The molecule has 0 heterocycles. The Labute approximate surface area is 286 Å². The summed E-state index contributed by atoms with van der Waals surface area (Å²) in [6, 6.07) is -0.909. The van der Waals surface area contributed by atoms with E-state index < -0.39 is 20.0 Å². The highest BCUT2D eigenvalue weighted by Crippen LogP contribution is 2.43. The molecule has 47 heavy (non-hydrogen) atoms. The smallest absolute Gasteiger partial charge is 0.387 e. The molecule has 9 heteroatoms. The molecule has 3 N–H and O–H groups in total. The Kier molecular flexibility index (Phi) is 28.3. The average molecular weight is 678 g/mol. The first-order valence-electron chi connectivity index (χ1n) is 17.5. The molecule has 3 atom stereocenters. The number of aliphatic hydroxyl groups is 1. The van der Waals surface area contributed by atoms with Crippen LogP contribution in [-0.2, 0) is 18.4 Å². The summed E-state index contributed by atoms with van der Waals surface area (Å²) in [7, 11) is 1.48. The lowest BCUT2D eigenvalue weighted by Crippen LogP contribution is -2.45. The number of unbranched alkanes of at least 4 members (excludes halogenated alkanes) is 4. The van der Waals surface area contributed by atoms with Gasteiger partial charge in [-0.3, -0.25) is 13.8 Å². The molecule has 0 saturated heterocycles. The predicted octanol–water partition coefficient (Wildman–Crippen LogP) is 8.68. The fraction of sp³-hybridized carbons (Fsp3) is 0.605. The maximum Gasteiger partial charge on any atom is 0.472 e. The van der Waals surface area contributed by atoms with E-state index in [-0.39, 0.29) is 25.5 Å². The zero-order chi connectivity index (χ0) is 35.1. The highest BCUT2D eigenvalue weighted by molar-refractivity contribution is 7.47. The first-order chi connectivity index (χ1) is 22.5. The molecule has 0 fully saturated rings. The van der Waals surface area contributed by atoms with E-state index in [4.69, 9.17) is 9.05 Å². The van der Waals surface area contributed by atoms with Crippen LogP contribution in [0.1, 0.15) is 97.3 Å². The van der Waals surface area contributed by atoms with Crippen molar-refractivity contribution in [3.63, 3.8) is 0 Å². The van der Waals surface area contributed by atoms with Crippen LogP contribution < -0.4 is 5.32 Å². The summed E-state index contributed by atoms with van der Waals surface area (Å²) >= 11 is 0. The van der Waals surface area contributed by atoms with Crippen molar-refractivity contribution in [1.29, 1.82) is 0 Å². The van der Waals surface area contributed by atoms with Gasteiger partial charge in [0.1, 0.15) is 13.2 Å². The number of quaternary nitrogens is 1. The predicted molar refractivity (Wildman–Crippen MR) is 198 cm³/mol. The zero-order valence-electron chi connectivity index (χ0n) is 30.0. The largest absolute Gasteiger partial charge is 0.472 e. The minimum atomic E-state index is -4.36. The molecule has 0 spiro atoms. The maximum atomic E-state index is 12.7. The molecule has 1 amide bonds. The molecular weight excluding hydrogens is 611 g/mol. The molecular formula is C38H66N2O6P+. The molecule has 0 aliphatic carbocycles. The van der Waals surface area contributed by atoms with Crippen LogP contribution in [-0.4, -0.2) is 73.4 Å². The maximum absolute atomic E-state index is 12.7. The van der Waals surface area contributed by atoms with Crippen molar-refractivity contribution in [2.45, 2.75) is 109 Å². The number of carbonyl (C=O) groups excluding carboxylic acids is 1. The number of carbonyl (C=O) groups is 1. The van der Waals surface area contributed by atoms with E-state index in [0.29, 0.717) is 17.4 Å². The number of phosphoric acid groups is 1. The van der Waals surface area contributed by atoms with Crippen molar-refractivity contribution < 1.29 is 32.9 Å². The van der Waals surface area contributed by atoms with Crippen LogP contribution in [0.5, 0.6) is 0 Å². The first-order valence-corrected chi connectivity index (χ1v) is 19.0. The number of hydrogen-bond donors (Lipinski definition) is 3. The molecule has 3 unspecified atom stereocenters. The third-order valence-corrected chi connectivity index (χ3v) is 7.82. The van der Waals surface area contributed by atoms with Gasteiger partial charge in [0.2, 0.25) is 5.91 Å². The van der Waals surface area contributed by atoms with E-state index in [1.165, 1.54) is 12.8 Å². The number of rotatable bonds is 29. The second-order valence-corrected chi connectivity index (χ2v) is 13.9. The number of nitrogens with zero attached hydrogens (tertiary/aromatic N) is 1. The third-order valence-electron chi connectivity index (χ3n) is 6.84. The summed E-state index contributed by atoms with van der Waals surface area (Å²) in [5.74, 6) is -0.279. The van der Waals surface area contributed by atoms with Gasteiger partial charge in [0.15, 0.2) is 0 Å². The minimum absolute atomic E-state index is 0.0360. The first kappa shape index (κ1) is 44.7. The highest BCUT2D eigenvalue weighted by atomic mass is 31.2. The molecule has 0 aromatic rings. The van der Waals surface area contributed by atoms with Crippen LogP contribution in [0.3, 0.4) is 0 Å². The summed E-state index contributed by atoms with van der Waals surface area (Å²) < 4.78 is 23.3. The van der Waals surface area contributed by atoms with Crippen molar-refractivity contribution in [3.05, 3.63) is 85.1 Å². The summed E-state index contributed by atoms with van der Waals surface area (Å²) in [6.07, 6.45) is 39.6. The minimum Gasteiger partial charge on any atom is -0.387 e. The number of phosphoric ester groups is 1. The monoisotopic (exact) mass is 677 g/mol. The van der Waals surface area contributed by atoms with Gasteiger partial charge in [0, 0.05) is 6.42 Å². The molecule has 0 radical (unpaired) electrons. The molecule has 0 aromatic heterocycles. The topological polar surface area (TPSA) is 105 Å². The second kappa shape index (κ2) is 29.8. The quantitative estimate of drug-likeness (QED) is 0.0317. The summed E-state index contributed by atoms with van der Waals surface area (Å²) in [5, 5.41) is 13.6. The number of amides is 1. The number of allylic oxidation sites excluding steroid dienone is 13. The standard InChI is InChI=1S/C38H65N2O6P/c1-6-8-10-12-14-16-18-20-22-24-26-28-30-32-38(42)39-36(35-46-47(43,44)45-34-33-40(3,4)5)37(41)31-29-27-25-23-21-19-17-15-13-11-9-7-2/h8,10,13-16,20-23,26,28-29,31,36-37,41H,6-7,9,11-12,17-19,24-25,27,30,32-35H2,1-5H3,(H-,39,42,43,44)/p+1/b10-8-,15-13+,16-14-,22-20-,23-21+,28-26-,31-29+. The van der Waals surface area contributed by atoms with Crippen LogP contribution in [0.15, 0.2) is 85.1 Å². The van der Waals surface area contributed by atoms with E-state index in [9.17, 15) is 19.4 Å². The van der Waals surface area contributed by atoms with Gasteiger partial charge >= 0.3 is 7.82 Å². The van der Waals surface area contributed by atoms with Crippen LogP contribution in [0.2, 0.25) is 0 Å². The Morgan fingerprint density at radius 2 is 1.26 bits per heavy atom. The number of nitrogens with one attached hydrogen (secondary N) is 1. The van der Waals surface area contributed by atoms with Gasteiger partial charge in [0.25, 0.3) is 0 Å². The molecule has 0 saturated carbocycles. The van der Waals surface area contributed by atoms with Crippen molar-refractivity contribution in [2.75, 3.05) is 40.9 Å². The number of hydrogen-bond acceptors (Lipinski definition) is 5. The zero-order valence-corrected chi connectivity index (χ0v) is 30.9. The van der Waals surface area contributed by atoms with Gasteiger partial charge in [-0.25, -0.2) is 4.57 Å². The van der Waals surface area contributed by atoms with E-state index in [2.05, 4.69) is 79.9 Å². The van der Waals surface area contributed by atoms with Gasteiger partial charge in [-0.15, -0.1) is 0 Å². The van der Waals surface area contributed by atoms with Crippen molar-refractivity contribution in [2.24, 2.45) is 0 Å². The Bertz CT molecular complexity index is 1040. The Balaban J connectivity index is 4.83. The number of aliphatic hydroxyl groups excluding tert-OH is 1. The lowest BCUT2D eigenvalue weighted by Gasteiger charge is -2.25. The van der Waals surface area contributed by atoms with Gasteiger partial charge < -0.3 is 19.8 Å². The lowest BCUT2D eigenvalue weighted by atomic mass is 10.1. The van der Waals surface area contributed by atoms with Crippen LogP contribution in [0.25, 0.3) is 0 Å². The second-order valence-electron chi connectivity index (χ2n) is 12.5. The molecule has 0 rings (SSSR count). The SMILES string of the molecule is CC/C=C\C/C=C\C/C=C\C/C=C\CCC(=O)NC(COP(=O)(O)OCC[N+](C)(C)C)C(O)/C=C/CC/C=C/CC/C=C/CCCC. The van der Waals surface area contributed by atoms with Crippen molar-refractivity contribution >= 4 is 13.7 Å². The molecule has 0 aliphatic rings. The third kappa shape index (κ3) is 32.0. The van der Waals surface area contributed by atoms with Gasteiger partial charge in [-0.05, 0) is 64.2 Å². The average Bonchev–Trinajstić information content (AvgIpc) is 3.01. The fourth-order valence-corrected chi connectivity index (χ4v) is 4.74.